The molecule has 3 atom stereocenters. The van der Waals surface area contributed by atoms with Gasteiger partial charge < -0.3 is 20.5 Å². The molecule has 0 radical (unpaired) electrons. The van der Waals surface area contributed by atoms with Crippen molar-refractivity contribution in [2.45, 2.75) is 57.4 Å². The maximum absolute atomic E-state index is 12.6. The van der Waals surface area contributed by atoms with Crippen molar-refractivity contribution in [1.82, 2.24) is 10.6 Å². The molecule has 1 saturated carbocycles. The Labute approximate surface area is 206 Å². The number of carbonyl (C=O) groups is 3. The summed E-state index contributed by atoms with van der Waals surface area (Å²) in [7, 11) is 0. The zero-order valence-corrected chi connectivity index (χ0v) is 20.2. The van der Waals surface area contributed by atoms with Gasteiger partial charge >= 0.3 is 12.1 Å². The number of alkyl carbamates (subject to hydrolysis) is 1. The van der Waals surface area contributed by atoms with Gasteiger partial charge in [-0.2, -0.15) is 0 Å². The highest BCUT2D eigenvalue weighted by Gasteiger charge is 2.30. The van der Waals surface area contributed by atoms with Crippen LogP contribution in [0.3, 0.4) is 0 Å². The van der Waals surface area contributed by atoms with E-state index in [4.69, 9.17) is 9.84 Å². The van der Waals surface area contributed by atoms with Gasteiger partial charge in [0.1, 0.15) is 6.61 Å². The van der Waals surface area contributed by atoms with Crippen molar-refractivity contribution >= 4 is 18.0 Å². The fraction of sp³-hybridized carbons (Fsp3) is 0.464. The number of carboxylic acids is 1. The predicted molar refractivity (Wildman–Crippen MR) is 133 cm³/mol. The number of aliphatic carboxylic acids is 1. The van der Waals surface area contributed by atoms with Gasteiger partial charge in [0.15, 0.2) is 0 Å². The molecule has 7 nitrogen and oxygen atoms in total. The van der Waals surface area contributed by atoms with Gasteiger partial charge in [0.05, 0.1) is 6.42 Å². The third-order valence-electron chi connectivity index (χ3n) is 7.31. The average Bonchev–Trinajstić information content (AvgIpc) is 3.17. The fourth-order valence-corrected chi connectivity index (χ4v) is 5.36. The van der Waals surface area contributed by atoms with E-state index in [1.54, 1.807) is 0 Å². The van der Waals surface area contributed by atoms with E-state index in [0.29, 0.717) is 13.0 Å². The quantitative estimate of drug-likeness (QED) is 0.485. The number of hydrogen-bond acceptors (Lipinski definition) is 4. The normalized spacial score (nSPS) is 19.8. The Balaban J connectivity index is 1.22. The minimum absolute atomic E-state index is 0.00657. The van der Waals surface area contributed by atoms with Crippen LogP contribution in [0, 0.1) is 11.8 Å². The first-order valence-corrected chi connectivity index (χ1v) is 12.5. The molecular weight excluding hydrogens is 444 g/mol. The molecule has 2 aromatic rings. The van der Waals surface area contributed by atoms with Crippen LogP contribution < -0.4 is 10.6 Å². The zero-order chi connectivity index (χ0) is 24.8. The van der Waals surface area contributed by atoms with Gasteiger partial charge in [-0.05, 0) is 47.4 Å². The Kier molecular flexibility index (Phi) is 8.06. The molecule has 4 rings (SSSR count). The predicted octanol–water partition coefficient (Wildman–Crippen LogP) is 4.70. The molecule has 2 aromatic carbocycles. The number of hydrogen-bond donors (Lipinski definition) is 3. The van der Waals surface area contributed by atoms with E-state index in [0.717, 1.165) is 36.8 Å². The first kappa shape index (κ1) is 24.8. The van der Waals surface area contributed by atoms with E-state index in [2.05, 4.69) is 34.9 Å². The van der Waals surface area contributed by atoms with Gasteiger partial charge in [-0.3, -0.25) is 9.59 Å². The second-order valence-electron chi connectivity index (χ2n) is 9.70. The highest BCUT2D eigenvalue weighted by molar-refractivity contribution is 5.80. The van der Waals surface area contributed by atoms with Crippen molar-refractivity contribution in [2.75, 3.05) is 13.2 Å². The van der Waals surface area contributed by atoms with Crippen LogP contribution in [0.2, 0.25) is 0 Å². The number of fused-ring (bicyclic) bond motifs is 3. The fourth-order valence-electron chi connectivity index (χ4n) is 5.36. The summed E-state index contributed by atoms with van der Waals surface area (Å²) < 4.78 is 5.55. The van der Waals surface area contributed by atoms with Gasteiger partial charge in [-0.15, -0.1) is 0 Å². The van der Waals surface area contributed by atoms with Crippen LogP contribution in [0.1, 0.15) is 62.5 Å². The second-order valence-corrected chi connectivity index (χ2v) is 9.70. The summed E-state index contributed by atoms with van der Waals surface area (Å²) in [4.78, 5) is 36.1. The molecule has 0 aromatic heterocycles. The summed E-state index contributed by atoms with van der Waals surface area (Å²) in [5.41, 5.74) is 4.69. The molecule has 35 heavy (non-hydrogen) atoms. The van der Waals surface area contributed by atoms with Crippen molar-refractivity contribution in [3.8, 4) is 11.1 Å². The highest BCUT2D eigenvalue weighted by atomic mass is 16.5. The standard InChI is InChI=1S/C28H34N2O5/c1-18(27(33)30-25-13-7-2-8-19(25)16-26(31)32)14-15-29-28(34)35-17-24-22-11-5-3-9-20(22)21-10-4-6-12-23(21)24/h3-6,9-12,18-19,24-25H,2,7-8,13-17H2,1H3,(H,29,34)(H,30,33)(H,31,32). The van der Waals surface area contributed by atoms with Gasteiger partial charge in [0.2, 0.25) is 5.91 Å². The van der Waals surface area contributed by atoms with E-state index in [9.17, 15) is 14.4 Å². The van der Waals surface area contributed by atoms with Crippen LogP contribution in [0.4, 0.5) is 4.79 Å². The molecule has 1 fully saturated rings. The molecule has 2 aliphatic carbocycles. The maximum Gasteiger partial charge on any atom is 0.407 e. The molecule has 0 saturated heterocycles. The lowest BCUT2D eigenvalue weighted by molar-refractivity contribution is -0.139. The van der Waals surface area contributed by atoms with Crippen molar-refractivity contribution in [3.63, 3.8) is 0 Å². The maximum atomic E-state index is 12.6. The molecule has 0 bridgehead atoms. The molecular formula is C28H34N2O5. The summed E-state index contributed by atoms with van der Waals surface area (Å²) in [6, 6.07) is 16.3. The second kappa shape index (κ2) is 11.4. The smallest absolute Gasteiger partial charge is 0.407 e. The zero-order valence-electron chi connectivity index (χ0n) is 20.2. The lowest BCUT2D eigenvalue weighted by atomic mass is 9.82. The summed E-state index contributed by atoms with van der Waals surface area (Å²) >= 11 is 0. The first-order valence-electron chi connectivity index (χ1n) is 12.5. The SMILES string of the molecule is CC(CCNC(=O)OCC1c2ccccc2-c2ccccc21)C(=O)NC1CCCCC1CC(=O)O. The average molecular weight is 479 g/mol. The Hall–Kier alpha value is -3.35. The summed E-state index contributed by atoms with van der Waals surface area (Å²) in [6.45, 7) is 2.40. The van der Waals surface area contributed by atoms with Gasteiger partial charge in [0.25, 0.3) is 0 Å². The lowest BCUT2D eigenvalue weighted by Crippen LogP contribution is -2.45. The Morgan fingerprint density at radius 3 is 2.29 bits per heavy atom. The molecule has 0 aliphatic heterocycles. The van der Waals surface area contributed by atoms with Crippen LogP contribution in [0.5, 0.6) is 0 Å². The summed E-state index contributed by atoms with van der Waals surface area (Å²) in [5.74, 6) is -1.22. The molecule has 7 heteroatoms. The number of carbonyl (C=O) groups excluding carboxylic acids is 2. The number of amides is 2. The Morgan fingerprint density at radius 1 is 1.00 bits per heavy atom. The Morgan fingerprint density at radius 2 is 1.63 bits per heavy atom. The summed E-state index contributed by atoms with van der Waals surface area (Å²) in [5, 5.41) is 14.9. The topological polar surface area (TPSA) is 105 Å². The summed E-state index contributed by atoms with van der Waals surface area (Å²) in [6.07, 6.45) is 3.72. The molecule has 2 amide bonds. The van der Waals surface area contributed by atoms with E-state index < -0.39 is 12.1 Å². The van der Waals surface area contributed by atoms with E-state index in [-0.39, 0.29) is 42.7 Å². The molecule has 0 heterocycles. The number of rotatable bonds is 9. The third kappa shape index (κ3) is 6.02. The van der Waals surface area contributed by atoms with Crippen LogP contribution in [0.25, 0.3) is 11.1 Å². The number of ether oxygens (including phenoxy) is 1. The van der Waals surface area contributed by atoms with Crippen LogP contribution >= 0.6 is 0 Å². The van der Waals surface area contributed by atoms with E-state index >= 15 is 0 Å². The minimum Gasteiger partial charge on any atom is -0.481 e. The number of carboxylic acid groups (broad SMARTS) is 1. The van der Waals surface area contributed by atoms with Gasteiger partial charge in [-0.25, -0.2) is 4.79 Å². The third-order valence-corrected chi connectivity index (χ3v) is 7.31. The number of benzene rings is 2. The molecule has 3 unspecified atom stereocenters. The molecule has 3 N–H and O–H groups in total. The Bertz CT molecular complexity index is 1020. The number of nitrogens with one attached hydrogen (secondary N) is 2. The van der Waals surface area contributed by atoms with Crippen LogP contribution in [0.15, 0.2) is 48.5 Å². The highest BCUT2D eigenvalue weighted by Crippen LogP contribution is 2.44. The van der Waals surface area contributed by atoms with Gasteiger partial charge in [0, 0.05) is 24.4 Å². The first-order chi connectivity index (χ1) is 16.9. The van der Waals surface area contributed by atoms with E-state index in [1.807, 2.05) is 31.2 Å². The van der Waals surface area contributed by atoms with Crippen molar-refractivity contribution in [2.24, 2.45) is 11.8 Å². The van der Waals surface area contributed by atoms with E-state index in [1.165, 1.54) is 11.1 Å². The van der Waals surface area contributed by atoms with Crippen molar-refractivity contribution in [1.29, 1.82) is 0 Å². The molecule has 186 valence electrons. The monoisotopic (exact) mass is 478 g/mol. The van der Waals surface area contributed by atoms with Crippen LogP contribution in [-0.4, -0.2) is 42.3 Å². The molecule has 2 aliphatic rings. The van der Waals surface area contributed by atoms with Crippen molar-refractivity contribution < 1.29 is 24.2 Å². The van der Waals surface area contributed by atoms with Gasteiger partial charge in [-0.1, -0.05) is 68.3 Å². The minimum atomic E-state index is -0.823. The largest absolute Gasteiger partial charge is 0.481 e. The van der Waals surface area contributed by atoms with Crippen molar-refractivity contribution in [3.05, 3.63) is 59.7 Å². The lowest BCUT2D eigenvalue weighted by Gasteiger charge is -2.32. The van der Waals surface area contributed by atoms with Crippen LogP contribution in [-0.2, 0) is 14.3 Å². The molecule has 0 spiro atoms.